The van der Waals surface area contributed by atoms with Gasteiger partial charge in [0.05, 0.1) is 18.8 Å². The van der Waals surface area contributed by atoms with Crippen LogP contribution >= 0.6 is 0 Å². The van der Waals surface area contributed by atoms with Gasteiger partial charge in [-0.05, 0) is 25.7 Å². The molecule has 2 aliphatic rings. The molecule has 0 radical (unpaired) electrons. The van der Waals surface area contributed by atoms with Crippen molar-refractivity contribution in [3.8, 4) is 5.75 Å². The number of rotatable bonds is 2. The fraction of sp³-hybridized carbons (Fsp3) is 0.727. The molecule has 82 valence electrons. The summed E-state index contributed by atoms with van der Waals surface area (Å²) in [6, 6.07) is 0.520. The Morgan fingerprint density at radius 2 is 2.27 bits per heavy atom. The highest BCUT2D eigenvalue weighted by atomic mass is 16.5. The van der Waals surface area contributed by atoms with Gasteiger partial charge >= 0.3 is 0 Å². The number of hydrogen-bond donors (Lipinski definition) is 1. The van der Waals surface area contributed by atoms with Crippen molar-refractivity contribution in [2.24, 2.45) is 0 Å². The van der Waals surface area contributed by atoms with Crippen molar-refractivity contribution in [3.05, 3.63) is 11.9 Å². The highest BCUT2D eigenvalue weighted by Crippen LogP contribution is 2.36. The van der Waals surface area contributed by atoms with E-state index in [9.17, 15) is 5.11 Å². The highest BCUT2D eigenvalue weighted by Gasteiger charge is 2.27. The zero-order valence-electron chi connectivity index (χ0n) is 8.72. The topological polar surface area (TPSA) is 47.3 Å². The molecule has 0 amide bonds. The summed E-state index contributed by atoms with van der Waals surface area (Å²) in [6.07, 6.45) is 6.43. The summed E-state index contributed by atoms with van der Waals surface area (Å²) >= 11 is 0. The molecule has 2 heterocycles. The zero-order chi connectivity index (χ0) is 10.3. The maximum absolute atomic E-state index is 9.82. The van der Waals surface area contributed by atoms with E-state index in [1.807, 2.05) is 4.68 Å². The zero-order valence-corrected chi connectivity index (χ0v) is 8.72. The Hall–Kier alpha value is -1.03. The first-order valence-corrected chi connectivity index (χ1v) is 5.70. The monoisotopic (exact) mass is 208 g/mol. The van der Waals surface area contributed by atoms with Gasteiger partial charge in [-0.15, -0.1) is 0 Å². The normalized spacial score (nSPS) is 26.8. The second-order valence-electron chi connectivity index (χ2n) is 4.52. The van der Waals surface area contributed by atoms with E-state index in [4.69, 9.17) is 4.74 Å². The Labute approximate surface area is 88.9 Å². The lowest BCUT2D eigenvalue weighted by Gasteiger charge is -2.25. The molecule has 15 heavy (non-hydrogen) atoms. The molecule has 1 aromatic rings. The van der Waals surface area contributed by atoms with Crippen LogP contribution in [0.1, 0.15) is 43.3 Å². The largest absolute Gasteiger partial charge is 0.504 e. The second kappa shape index (κ2) is 3.52. The maximum Gasteiger partial charge on any atom is 0.157 e. The van der Waals surface area contributed by atoms with E-state index >= 15 is 0 Å². The van der Waals surface area contributed by atoms with Gasteiger partial charge < -0.3 is 9.84 Å². The van der Waals surface area contributed by atoms with Gasteiger partial charge in [-0.1, -0.05) is 0 Å². The van der Waals surface area contributed by atoms with Gasteiger partial charge in [-0.25, -0.2) is 0 Å². The molecular weight excluding hydrogens is 192 g/mol. The van der Waals surface area contributed by atoms with Gasteiger partial charge in [0.1, 0.15) is 5.69 Å². The predicted molar refractivity (Wildman–Crippen MR) is 55.0 cm³/mol. The lowest BCUT2D eigenvalue weighted by Crippen LogP contribution is -2.17. The molecule has 0 bridgehead atoms. The van der Waals surface area contributed by atoms with Crippen LogP contribution in [0.4, 0.5) is 0 Å². The van der Waals surface area contributed by atoms with Gasteiger partial charge in [0.2, 0.25) is 0 Å². The molecule has 1 aliphatic carbocycles. The lowest BCUT2D eigenvalue weighted by atomic mass is 9.93. The Morgan fingerprint density at radius 1 is 1.40 bits per heavy atom. The Morgan fingerprint density at radius 3 is 2.87 bits per heavy atom. The van der Waals surface area contributed by atoms with Crippen LogP contribution in [0.2, 0.25) is 0 Å². The third-order valence-electron chi connectivity index (χ3n) is 3.51. The molecule has 1 N–H and O–H groups in total. The van der Waals surface area contributed by atoms with Crippen molar-refractivity contribution in [2.45, 2.75) is 37.6 Å². The molecular formula is C11H16N2O2. The highest BCUT2D eigenvalue weighted by molar-refractivity contribution is 5.27. The molecule has 0 aromatic carbocycles. The molecule has 0 spiro atoms. The van der Waals surface area contributed by atoms with E-state index in [1.54, 1.807) is 6.20 Å². The molecule has 2 fully saturated rings. The fourth-order valence-electron chi connectivity index (χ4n) is 2.28. The molecule has 4 heteroatoms. The van der Waals surface area contributed by atoms with E-state index in [1.165, 1.54) is 19.3 Å². The SMILES string of the molecule is Oc1cn(C2CCC2)nc1[C@H]1CCOC1. The molecule has 0 unspecified atom stereocenters. The number of ether oxygens (including phenoxy) is 1. The van der Waals surface area contributed by atoms with Crippen molar-refractivity contribution in [1.29, 1.82) is 0 Å². The number of hydrogen-bond acceptors (Lipinski definition) is 3. The summed E-state index contributed by atoms with van der Waals surface area (Å²) in [5.74, 6) is 0.642. The third kappa shape index (κ3) is 1.53. The van der Waals surface area contributed by atoms with Crippen molar-refractivity contribution in [3.63, 3.8) is 0 Å². The van der Waals surface area contributed by atoms with Crippen molar-refractivity contribution in [1.82, 2.24) is 9.78 Å². The second-order valence-corrected chi connectivity index (χ2v) is 4.52. The van der Waals surface area contributed by atoms with Crippen molar-refractivity contribution >= 4 is 0 Å². The molecule has 4 nitrogen and oxygen atoms in total. The summed E-state index contributed by atoms with van der Waals surface area (Å²) in [5, 5.41) is 14.3. The summed E-state index contributed by atoms with van der Waals surface area (Å²) in [4.78, 5) is 0. The summed E-state index contributed by atoms with van der Waals surface area (Å²) in [7, 11) is 0. The van der Waals surface area contributed by atoms with E-state index in [0.29, 0.717) is 24.3 Å². The molecule has 3 rings (SSSR count). The van der Waals surface area contributed by atoms with Gasteiger partial charge in [-0.3, -0.25) is 4.68 Å². The van der Waals surface area contributed by atoms with Crippen LogP contribution in [0.25, 0.3) is 0 Å². The summed E-state index contributed by atoms with van der Waals surface area (Å²) in [6.45, 7) is 1.50. The van der Waals surface area contributed by atoms with Crippen LogP contribution in [0.5, 0.6) is 5.75 Å². The van der Waals surface area contributed by atoms with E-state index in [2.05, 4.69) is 5.10 Å². The number of aromatic hydroxyl groups is 1. The van der Waals surface area contributed by atoms with Crippen LogP contribution < -0.4 is 0 Å². The first-order chi connectivity index (χ1) is 7.34. The Balaban J connectivity index is 1.84. The minimum atomic E-state index is 0.298. The van der Waals surface area contributed by atoms with Crippen molar-refractivity contribution in [2.75, 3.05) is 13.2 Å². The first kappa shape index (κ1) is 9.21. The maximum atomic E-state index is 9.82. The van der Waals surface area contributed by atoms with Crippen LogP contribution in [0, 0.1) is 0 Å². The van der Waals surface area contributed by atoms with Crippen molar-refractivity contribution < 1.29 is 9.84 Å². The standard InChI is InChI=1S/C11H16N2O2/c14-10-6-13(9-2-1-3-9)12-11(10)8-4-5-15-7-8/h6,8-9,14H,1-5,7H2/t8-/m0/s1. The number of aromatic nitrogens is 2. The Kier molecular flexibility index (Phi) is 2.16. The Bertz CT molecular complexity index is 351. The summed E-state index contributed by atoms with van der Waals surface area (Å²) in [5.41, 5.74) is 0.833. The molecule has 1 aromatic heterocycles. The van der Waals surface area contributed by atoms with Gasteiger partial charge in [0, 0.05) is 12.5 Å². The quantitative estimate of drug-likeness (QED) is 0.806. The number of nitrogens with zero attached hydrogens (tertiary/aromatic N) is 2. The predicted octanol–water partition coefficient (Wildman–Crippen LogP) is 1.82. The van der Waals surface area contributed by atoms with E-state index in [0.717, 1.165) is 18.7 Å². The van der Waals surface area contributed by atoms with E-state index in [-0.39, 0.29) is 0 Å². The smallest absolute Gasteiger partial charge is 0.157 e. The average molecular weight is 208 g/mol. The molecule has 1 aliphatic heterocycles. The lowest BCUT2D eigenvalue weighted by molar-refractivity contribution is 0.193. The molecule has 1 saturated heterocycles. The van der Waals surface area contributed by atoms with Crippen LogP contribution in [-0.2, 0) is 4.74 Å². The molecule has 1 saturated carbocycles. The molecule has 1 atom stereocenters. The van der Waals surface area contributed by atoms with E-state index < -0.39 is 0 Å². The van der Waals surface area contributed by atoms with Gasteiger partial charge in [0.15, 0.2) is 5.75 Å². The first-order valence-electron chi connectivity index (χ1n) is 5.70. The average Bonchev–Trinajstić information content (AvgIpc) is 2.70. The van der Waals surface area contributed by atoms with Crippen LogP contribution in [0.3, 0.4) is 0 Å². The van der Waals surface area contributed by atoms with Gasteiger partial charge in [-0.2, -0.15) is 5.10 Å². The van der Waals surface area contributed by atoms with Crippen LogP contribution in [0.15, 0.2) is 6.20 Å². The van der Waals surface area contributed by atoms with Crippen LogP contribution in [-0.4, -0.2) is 28.1 Å². The van der Waals surface area contributed by atoms with Gasteiger partial charge in [0.25, 0.3) is 0 Å². The fourth-order valence-corrected chi connectivity index (χ4v) is 2.28. The minimum absolute atomic E-state index is 0.298. The third-order valence-corrected chi connectivity index (χ3v) is 3.51. The summed E-state index contributed by atoms with van der Waals surface area (Å²) < 4.78 is 7.25. The minimum Gasteiger partial charge on any atom is -0.504 e.